The van der Waals surface area contributed by atoms with Crippen LogP contribution in [0.1, 0.15) is 38.8 Å². The monoisotopic (exact) mass is 352 g/mol. The maximum Gasteiger partial charge on any atom is 0.407 e. The fourth-order valence-electron chi connectivity index (χ4n) is 1.98. The molecule has 0 aromatic heterocycles. The number of alkyl carbamates (subject to hydrolysis) is 1. The molecule has 140 valence electrons. The predicted octanol–water partition coefficient (Wildman–Crippen LogP) is 2.71. The lowest BCUT2D eigenvalue weighted by molar-refractivity contribution is 0.0529. The zero-order valence-corrected chi connectivity index (χ0v) is 15.7. The summed E-state index contributed by atoms with van der Waals surface area (Å²) in [4.78, 5) is 16.0. The highest BCUT2D eigenvalue weighted by Crippen LogP contribution is 2.10. The van der Waals surface area contributed by atoms with Crippen molar-refractivity contribution in [3.63, 3.8) is 0 Å². The summed E-state index contributed by atoms with van der Waals surface area (Å²) in [6, 6.07) is 4.96. The van der Waals surface area contributed by atoms with Crippen LogP contribution in [0.5, 0.6) is 0 Å². The van der Waals surface area contributed by atoms with Gasteiger partial charge in [0.2, 0.25) is 0 Å². The Bertz CT molecular complexity index is 597. The summed E-state index contributed by atoms with van der Waals surface area (Å²) in [5.41, 5.74) is 1.02. The number of hydrogen-bond acceptors (Lipinski definition) is 3. The molecule has 0 aliphatic carbocycles. The van der Waals surface area contributed by atoms with E-state index in [1.54, 1.807) is 19.1 Å². The van der Waals surface area contributed by atoms with Crippen LogP contribution in [-0.4, -0.2) is 37.3 Å². The van der Waals surface area contributed by atoms with Gasteiger partial charge in [0.25, 0.3) is 0 Å². The van der Waals surface area contributed by atoms with Crippen LogP contribution < -0.4 is 16.0 Å². The number of rotatable bonds is 6. The number of hydrogen-bond donors (Lipinski definition) is 3. The molecule has 1 amide bonds. The minimum atomic E-state index is -0.513. The van der Waals surface area contributed by atoms with E-state index in [0.29, 0.717) is 37.7 Å². The summed E-state index contributed by atoms with van der Waals surface area (Å²) >= 11 is 0. The van der Waals surface area contributed by atoms with E-state index in [-0.39, 0.29) is 5.82 Å². The molecule has 0 saturated carbocycles. The summed E-state index contributed by atoms with van der Waals surface area (Å²) in [5.74, 6) is 0.418. The van der Waals surface area contributed by atoms with Crippen LogP contribution in [0.2, 0.25) is 0 Å². The van der Waals surface area contributed by atoms with Crippen molar-refractivity contribution >= 4 is 12.1 Å². The molecule has 0 aliphatic heterocycles. The number of guanidine groups is 1. The van der Waals surface area contributed by atoms with Crippen molar-refractivity contribution < 1.29 is 13.9 Å². The lowest BCUT2D eigenvalue weighted by atomic mass is 10.1. The average molecular weight is 352 g/mol. The van der Waals surface area contributed by atoms with Gasteiger partial charge >= 0.3 is 6.09 Å². The first-order valence-electron chi connectivity index (χ1n) is 8.45. The van der Waals surface area contributed by atoms with Crippen LogP contribution in [0, 0.1) is 12.7 Å². The van der Waals surface area contributed by atoms with E-state index >= 15 is 0 Å². The fraction of sp³-hybridized carbons (Fsp3) is 0.556. The molecule has 0 unspecified atom stereocenters. The Morgan fingerprint density at radius 1 is 1.20 bits per heavy atom. The SMILES string of the molecule is CCNC(=NCc1ccc(F)c(C)c1)NCCNC(=O)OC(C)(C)C. The van der Waals surface area contributed by atoms with Crippen molar-refractivity contribution in [3.05, 3.63) is 35.1 Å². The molecule has 0 atom stereocenters. The molecule has 6 nitrogen and oxygen atoms in total. The van der Waals surface area contributed by atoms with Crippen molar-refractivity contribution in [2.75, 3.05) is 19.6 Å². The van der Waals surface area contributed by atoms with Crippen LogP contribution in [0.25, 0.3) is 0 Å². The van der Waals surface area contributed by atoms with Gasteiger partial charge in [-0.15, -0.1) is 0 Å². The molecule has 1 aromatic rings. The van der Waals surface area contributed by atoms with Crippen molar-refractivity contribution in [2.45, 2.75) is 46.8 Å². The van der Waals surface area contributed by atoms with E-state index in [4.69, 9.17) is 4.74 Å². The maximum atomic E-state index is 13.3. The smallest absolute Gasteiger partial charge is 0.407 e. The Morgan fingerprint density at radius 3 is 2.48 bits per heavy atom. The van der Waals surface area contributed by atoms with Gasteiger partial charge in [0.05, 0.1) is 6.54 Å². The number of ether oxygens (including phenoxy) is 1. The highest BCUT2D eigenvalue weighted by atomic mass is 19.1. The molecule has 0 bridgehead atoms. The molecule has 3 N–H and O–H groups in total. The normalized spacial score (nSPS) is 11.8. The van der Waals surface area contributed by atoms with Gasteiger partial charge in [-0.1, -0.05) is 12.1 Å². The number of nitrogens with zero attached hydrogens (tertiary/aromatic N) is 1. The van der Waals surface area contributed by atoms with E-state index in [1.165, 1.54) is 6.07 Å². The quantitative estimate of drug-likeness (QED) is 0.418. The van der Waals surface area contributed by atoms with Crippen LogP contribution in [0.4, 0.5) is 9.18 Å². The van der Waals surface area contributed by atoms with Crippen molar-refractivity contribution in [1.29, 1.82) is 0 Å². The van der Waals surface area contributed by atoms with Crippen molar-refractivity contribution in [2.24, 2.45) is 4.99 Å². The van der Waals surface area contributed by atoms with Gasteiger partial charge in [-0.3, -0.25) is 0 Å². The molecular weight excluding hydrogens is 323 g/mol. The highest BCUT2D eigenvalue weighted by molar-refractivity contribution is 5.79. The van der Waals surface area contributed by atoms with Gasteiger partial charge in [-0.2, -0.15) is 0 Å². The maximum absolute atomic E-state index is 13.3. The van der Waals surface area contributed by atoms with E-state index < -0.39 is 11.7 Å². The Hall–Kier alpha value is -2.31. The van der Waals surface area contributed by atoms with Crippen LogP contribution in [-0.2, 0) is 11.3 Å². The van der Waals surface area contributed by atoms with Gasteiger partial charge in [0, 0.05) is 19.6 Å². The summed E-state index contributed by atoms with van der Waals surface area (Å²) in [7, 11) is 0. The van der Waals surface area contributed by atoms with E-state index in [9.17, 15) is 9.18 Å². The Morgan fingerprint density at radius 2 is 1.88 bits per heavy atom. The third-order valence-corrected chi connectivity index (χ3v) is 3.07. The fourth-order valence-corrected chi connectivity index (χ4v) is 1.98. The molecular formula is C18H29FN4O2. The molecule has 0 fully saturated rings. The predicted molar refractivity (Wildman–Crippen MR) is 98.2 cm³/mol. The summed E-state index contributed by atoms with van der Waals surface area (Å²) < 4.78 is 18.5. The van der Waals surface area contributed by atoms with Crippen LogP contribution >= 0.6 is 0 Å². The van der Waals surface area contributed by atoms with E-state index in [1.807, 2.05) is 27.7 Å². The molecule has 0 spiro atoms. The first kappa shape index (κ1) is 20.7. The number of nitrogens with one attached hydrogen (secondary N) is 3. The topological polar surface area (TPSA) is 74.8 Å². The number of carbonyl (C=O) groups is 1. The Kier molecular flexibility index (Phi) is 8.18. The Balaban J connectivity index is 2.45. The lowest BCUT2D eigenvalue weighted by Gasteiger charge is -2.19. The largest absolute Gasteiger partial charge is 0.444 e. The zero-order valence-electron chi connectivity index (χ0n) is 15.7. The minimum Gasteiger partial charge on any atom is -0.444 e. The molecule has 7 heteroatoms. The van der Waals surface area contributed by atoms with E-state index in [0.717, 1.165) is 5.56 Å². The number of carbonyl (C=O) groups excluding carboxylic acids is 1. The van der Waals surface area contributed by atoms with Gasteiger partial charge in [-0.25, -0.2) is 14.2 Å². The van der Waals surface area contributed by atoms with Crippen molar-refractivity contribution in [1.82, 2.24) is 16.0 Å². The number of aliphatic imine (C=N–C) groups is 1. The average Bonchev–Trinajstić information content (AvgIpc) is 2.50. The second kappa shape index (κ2) is 9.86. The lowest BCUT2D eigenvalue weighted by Crippen LogP contribution is -2.42. The van der Waals surface area contributed by atoms with Gasteiger partial charge in [0.15, 0.2) is 5.96 Å². The number of amides is 1. The first-order valence-corrected chi connectivity index (χ1v) is 8.45. The molecule has 0 radical (unpaired) electrons. The highest BCUT2D eigenvalue weighted by Gasteiger charge is 2.15. The number of aryl methyl sites for hydroxylation is 1. The second-order valence-corrected chi connectivity index (χ2v) is 6.63. The molecule has 0 heterocycles. The second-order valence-electron chi connectivity index (χ2n) is 6.63. The van der Waals surface area contributed by atoms with Crippen LogP contribution in [0.15, 0.2) is 23.2 Å². The first-order chi connectivity index (χ1) is 11.7. The summed E-state index contributed by atoms with van der Waals surface area (Å²) in [6.07, 6.45) is -0.446. The molecule has 0 aliphatic rings. The van der Waals surface area contributed by atoms with Gasteiger partial charge < -0.3 is 20.7 Å². The third-order valence-electron chi connectivity index (χ3n) is 3.07. The number of halogens is 1. The molecule has 1 rings (SSSR count). The van der Waals surface area contributed by atoms with Gasteiger partial charge in [-0.05, 0) is 51.8 Å². The van der Waals surface area contributed by atoms with Crippen molar-refractivity contribution in [3.8, 4) is 0 Å². The standard InChI is InChI=1S/C18H29FN4O2/c1-6-20-16(21-9-10-22-17(24)25-18(3,4)5)23-12-14-7-8-15(19)13(2)11-14/h7-8,11H,6,9-10,12H2,1-5H3,(H,22,24)(H2,20,21,23). The molecule has 0 saturated heterocycles. The minimum absolute atomic E-state index is 0.217. The summed E-state index contributed by atoms with van der Waals surface area (Å²) in [5, 5.41) is 8.93. The Labute approximate surface area is 149 Å². The number of benzene rings is 1. The van der Waals surface area contributed by atoms with E-state index in [2.05, 4.69) is 20.9 Å². The van der Waals surface area contributed by atoms with Gasteiger partial charge in [0.1, 0.15) is 11.4 Å². The van der Waals surface area contributed by atoms with Crippen LogP contribution in [0.3, 0.4) is 0 Å². The zero-order chi connectivity index (χ0) is 18.9. The molecule has 1 aromatic carbocycles. The summed E-state index contributed by atoms with van der Waals surface area (Å²) in [6.45, 7) is 11.2. The molecule has 25 heavy (non-hydrogen) atoms. The third kappa shape index (κ3) is 8.93.